The topological polar surface area (TPSA) is 75.1 Å². The molecule has 5 nitrogen and oxygen atoms in total. The summed E-state index contributed by atoms with van der Waals surface area (Å²) in [5.74, 6) is -0.0953. The Bertz CT molecular complexity index is 287. The van der Waals surface area contributed by atoms with Crippen LogP contribution >= 0.6 is 11.5 Å². The van der Waals surface area contributed by atoms with Crippen molar-refractivity contribution in [1.82, 2.24) is 14.9 Å². The number of carbonyl (C=O) groups excluding carboxylic acids is 1. The lowest BCUT2D eigenvalue weighted by Gasteiger charge is -2.18. The van der Waals surface area contributed by atoms with E-state index in [0.29, 0.717) is 5.69 Å². The molecular weight excluding hydrogens is 202 g/mol. The summed E-state index contributed by atoms with van der Waals surface area (Å²) < 4.78 is 3.59. The summed E-state index contributed by atoms with van der Waals surface area (Å²) in [6.45, 7) is 3.79. The maximum absolute atomic E-state index is 11.5. The average molecular weight is 215 g/mol. The van der Waals surface area contributed by atoms with Gasteiger partial charge in [-0.2, -0.15) is 0 Å². The summed E-state index contributed by atoms with van der Waals surface area (Å²) in [4.78, 5) is 11.5. The van der Waals surface area contributed by atoms with Crippen LogP contribution in [-0.2, 0) is 0 Å². The number of hydrogen-bond donors (Lipinski definition) is 2. The van der Waals surface area contributed by atoms with Crippen molar-refractivity contribution in [2.75, 3.05) is 6.61 Å². The Morgan fingerprint density at radius 1 is 1.71 bits per heavy atom. The highest BCUT2D eigenvalue weighted by Gasteiger charge is 2.17. The van der Waals surface area contributed by atoms with Gasteiger partial charge in [0.25, 0.3) is 5.91 Å². The van der Waals surface area contributed by atoms with E-state index in [1.807, 2.05) is 13.8 Å². The second kappa shape index (κ2) is 5.02. The number of carbonyl (C=O) groups is 1. The summed E-state index contributed by atoms with van der Waals surface area (Å²) in [5, 5.41) is 16.9. The lowest BCUT2D eigenvalue weighted by Crippen LogP contribution is -2.41. The number of nitrogens with zero attached hydrogens (tertiary/aromatic N) is 2. The predicted octanol–water partition coefficient (Wildman–Crippen LogP) is 0.285. The van der Waals surface area contributed by atoms with E-state index in [-0.39, 0.29) is 24.5 Å². The Hall–Kier alpha value is -1.01. The summed E-state index contributed by atoms with van der Waals surface area (Å²) in [5.41, 5.74) is 0.300. The van der Waals surface area contributed by atoms with Crippen LogP contribution in [-0.4, -0.2) is 33.2 Å². The van der Waals surface area contributed by atoms with Gasteiger partial charge >= 0.3 is 0 Å². The van der Waals surface area contributed by atoms with Gasteiger partial charge in [-0.3, -0.25) is 4.79 Å². The summed E-state index contributed by atoms with van der Waals surface area (Å²) >= 11 is 1.13. The molecule has 0 spiro atoms. The first kappa shape index (κ1) is 11.1. The quantitative estimate of drug-likeness (QED) is 0.756. The van der Waals surface area contributed by atoms with Crippen LogP contribution in [0.5, 0.6) is 0 Å². The first-order chi connectivity index (χ1) is 6.65. The minimum absolute atomic E-state index is 0.0685. The monoisotopic (exact) mass is 215 g/mol. The molecule has 0 aromatic carbocycles. The Balaban J connectivity index is 2.56. The smallest absolute Gasteiger partial charge is 0.273 e. The maximum atomic E-state index is 11.5. The maximum Gasteiger partial charge on any atom is 0.273 e. The van der Waals surface area contributed by atoms with E-state index in [0.717, 1.165) is 11.5 Å². The Morgan fingerprint density at radius 2 is 2.43 bits per heavy atom. The fourth-order valence-electron chi connectivity index (χ4n) is 0.929. The van der Waals surface area contributed by atoms with Gasteiger partial charge < -0.3 is 10.4 Å². The zero-order chi connectivity index (χ0) is 10.6. The van der Waals surface area contributed by atoms with Crippen LogP contribution < -0.4 is 5.32 Å². The van der Waals surface area contributed by atoms with Crippen molar-refractivity contribution in [2.45, 2.75) is 19.9 Å². The van der Waals surface area contributed by atoms with Crippen molar-refractivity contribution < 1.29 is 9.90 Å². The molecule has 0 unspecified atom stereocenters. The predicted molar refractivity (Wildman–Crippen MR) is 53.1 cm³/mol. The van der Waals surface area contributed by atoms with E-state index >= 15 is 0 Å². The van der Waals surface area contributed by atoms with Crippen molar-refractivity contribution in [2.24, 2.45) is 5.92 Å². The molecule has 1 amide bonds. The molecule has 78 valence electrons. The first-order valence-electron chi connectivity index (χ1n) is 4.34. The summed E-state index contributed by atoms with van der Waals surface area (Å²) in [6, 6.07) is -0.232. The third kappa shape index (κ3) is 2.74. The molecule has 0 aliphatic rings. The van der Waals surface area contributed by atoms with Crippen LogP contribution in [0.1, 0.15) is 24.3 Å². The van der Waals surface area contributed by atoms with E-state index in [4.69, 9.17) is 5.11 Å². The number of aliphatic hydroxyl groups excluding tert-OH is 1. The van der Waals surface area contributed by atoms with Crippen LogP contribution in [0, 0.1) is 5.92 Å². The van der Waals surface area contributed by atoms with Gasteiger partial charge in [-0.05, 0) is 17.5 Å². The molecule has 0 bridgehead atoms. The fraction of sp³-hybridized carbons (Fsp3) is 0.625. The second-order valence-electron chi connectivity index (χ2n) is 3.30. The van der Waals surface area contributed by atoms with Gasteiger partial charge in [-0.25, -0.2) is 0 Å². The normalized spacial score (nSPS) is 12.9. The van der Waals surface area contributed by atoms with Crippen LogP contribution in [0.2, 0.25) is 0 Å². The van der Waals surface area contributed by atoms with Crippen molar-refractivity contribution >= 4 is 17.4 Å². The van der Waals surface area contributed by atoms with Crippen molar-refractivity contribution in [1.29, 1.82) is 0 Å². The second-order valence-corrected chi connectivity index (χ2v) is 3.91. The molecule has 0 aliphatic carbocycles. The third-order valence-corrected chi connectivity index (χ3v) is 2.42. The van der Waals surface area contributed by atoms with Crippen LogP contribution in [0.3, 0.4) is 0 Å². The fourth-order valence-corrected chi connectivity index (χ4v) is 1.37. The number of hydrogen-bond acceptors (Lipinski definition) is 5. The molecular formula is C8H13N3O2S. The average Bonchev–Trinajstić information content (AvgIpc) is 2.65. The zero-order valence-electron chi connectivity index (χ0n) is 8.10. The SMILES string of the molecule is CC(C)[C@@H](CO)NC(=O)c1csnn1. The van der Waals surface area contributed by atoms with Crippen LogP contribution in [0.4, 0.5) is 0 Å². The number of nitrogens with one attached hydrogen (secondary N) is 1. The lowest BCUT2D eigenvalue weighted by molar-refractivity contribution is 0.0892. The number of aromatic nitrogens is 2. The molecule has 1 rings (SSSR count). The van der Waals surface area contributed by atoms with E-state index in [9.17, 15) is 4.79 Å². The summed E-state index contributed by atoms with van der Waals surface area (Å²) in [7, 11) is 0. The van der Waals surface area contributed by atoms with Gasteiger partial charge in [0, 0.05) is 5.38 Å². The first-order valence-corrected chi connectivity index (χ1v) is 5.17. The lowest BCUT2D eigenvalue weighted by atomic mass is 10.1. The van der Waals surface area contributed by atoms with Crippen molar-refractivity contribution in [3.05, 3.63) is 11.1 Å². The molecule has 0 saturated carbocycles. The third-order valence-electron chi connectivity index (χ3n) is 1.91. The number of rotatable bonds is 4. The van der Waals surface area contributed by atoms with Gasteiger partial charge in [-0.15, -0.1) is 5.10 Å². The Morgan fingerprint density at radius 3 is 2.86 bits per heavy atom. The highest BCUT2D eigenvalue weighted by Crippen LogP contribution is 2.03. The van der Waals surface area contributed by atoms with Crippen molar-refractivity contribution in [3.63, 3.8) is 0 Å². The van der Waals surface area contributed by atoms with Crippen LogP contribution in [0.25, 0.3) is 0 Å². The molecule has 1 aromatic heterocycles. The molecule has 0 fully saturated rings. The van der Waals surface area contributed by atoms with E-state index < -0.39 is 0 Å². The van der Waals surface area contributed by atoms with Gasteiger partial charge in [0.15, 0.2) is 5.69 Å². The molecule has 0 saturated heterocycles. The largest absolute Gasteiger partial charge is 0.394 e. The standard InChI is InChI=1S/C8H13N3O2S/c1-5(2)6(3-12)9-8(13)7-4-14-11-10-7/h4-6,12H,3H2,1-2H3,(H,9,13)/t6-/m1/s1. The van der Waals surface area contributed by atoms with Crippen molar-refractivity contribution in [3.8, 4) is 0 Å². The Kier molecular flexibility index (Phi) is 3.97. The summed E-state index contributed by atoms with van der Waals surface area (Å²) in [6.07, 6.45) is 0. The van der Waals surface area contributed by atoms with Crippen LogP contribution in [0.15, 0.2) is 5.38 Å². The van der Waals surface area contributed by atoms with Gasteiger partial charge in [-0.1, -0.05) is 18.3 Å². The molecule has 6 heteroatoms. The molecule has 0 radical (unpaired) electrons. The van der Waals surface area contributed by atoms with E-state index in [2.05, 4.69) is 14.9 Å². The number of amides is 1. The molecule has 2 N–H and O–H groups in total. The Labute approximate surface area is 86.3 Å². The highest BCUT2D eigenvalue weighted by atomic mass is 32.1. The minimum Gasteiger partial charge on any atom is -0.394 e. The molecule has 1 aromatic rings. The van der Waals surface area contributed by atoms with Gasteiger partial charge in [0.2, 0.25) is 0 Å². The van der Waals surface area contributed by atoms with E-state index in [1.54, 1.807) is 5.38 Å². The molecule has 14 heavy (non-hydrogen) atoms. The molecule has 0 aliphatic heterocycles. The van der Waals surface area contributed by atoms with Gasteiger partial charge in [0.1, 0.15) is 0 Å². The van der Waals surface area contributed by atoms with Gasteiger partial charge in [0.05, 0.1) is 12.6 Å². The number of aliphatic hydroxyl groups is 1. The van der Waals surface area contributed by atoms with E-state index in [1.165, 1.54) is 0 Å². The molecule has 1 heterocycles. The zero-order valence-corrected chi connectivity index (χ0v) is 8.91. The minimum atomic E-state index is -0.286. The highest BCUT2D eigenvalue weighted by molar-refractivity contribution is 7.03. The molecule has 1 atom stereocenters.